The van der Waals surface area contributed by atoms with Crippen molar-refractivity contribution >= 4 is 23.3 Å². The van der Waals surface area contributed by atoms with Gasteiger partial charge in [-0.2, -0.15) is 13.2 Å². The highest BCUT2D eigenvalue weighted by atomic mass is 35.5. The van der Waals surface area contributed by atoms with Crippen molar-refractivity contribution in [1.82, 2.24) is 5.32 Å². The van der Waals surface area contributed by atoms with E-state index in [2.05, 4.69) is 15.4 Å². The van der Waals surface area contributed by atoms with Crippen LogP contribution < -0.4 is 10.6 Å². The van der Waals surface area contributed by atoms with Crippen LogP contribution in [-0.4, -0.2) is 32.0 Å². The first-order chi connectivity index (χ1) is 9.37. The lowest BCUT2D eigenvalue weighted by Gasteiger charge is -2.09. The van der Waals surface area contributed by atoms with Crippen molar-refractivity contribution in [3.63, 3.8) is 0 Å². The van der Waals surface area contributed by atoms with Crippen molar-refractivity contribution in [2.24, 2.45) is 0 Å². The first-order valence-electron chi connectivity index (χ1n) is 5.82. The van der Waals surface area contributed by atoms with Crippen molar-refractivity contribution in [2.45, 2.75) is 12.6 Å². The van der Waals surface area contributed by atoms with E-state index in [9.17, 15) is 18.0 Å². The summed E-state index contributed by atoms with van der Waals surface area (Å²) in [4.78, 5) is 11.4. The number of nitrogens with one attached hydrogen (secondary N) is 2. The molecule has 20 heavy (non-hydrogen) atoms. The molecular weight excluding hydrogens is 297 g/mol. The maximum Gasteiger partial charge on any atom is 0.411 e. The third kappa shape index (κ3) is 7.85. The van der Waals surface area contributed by atoms with Gasteiger partial charge in [0.2, 0.25) is 0 Å². The number of anilines is 1. The summed E-state index contributed by atoms with van der Waals surface area (Å²) < 4.78 is 39.7. The summed E-state index contributed by atoms with van der Waals surface area (Å²) in [7, 11) is 0. The Balaban J connectivity index is 2.12. The summed E-state index contributed by atoms with van der Waals surface area (Å²) >= 11 is 5.75. The molecule has 0 fully saturated rings. The molecule has 0 bridgehead atoms. The van der Waals surface area contributed by atoms with Crippen LogP contribution in [0.3, 0.4) is 0 Å². The molecule has 0 aromatic heterocycles. The topological polar surface area (TPSA) is 50.4 Å². The lowest BCUT2D eigenvalue weighted by molar-refractivity contribution is -0.173. The van der Waals surface area contributed by atoms with E-state index < -0.39 is 18.8 Å². The van der Waals surface area contributed by atoms with Gasteiger partial charge < -0.3 is 15.4 Å². The molecule has 4 nitrogen and oxygen atoms in total. The molecular formula is C12H14ClF3N2O2. The molecule has 0 aliphatic heterocycles. The summed E-state index contributed by atoms with van der Waals surface area (Å²) in [6, 6.07) is 6.14. The number of carbonyl (C=O) groups excluding carboxylic acids is 1. The second-order valence-electron chi connectivity index (χ2n) is 3.91. The maximum atomic E-state index is 11.8. The zero-order valence-electron chi connectivity index (χ0n) is 10.5. The van der Waals surface area contributed by atoms with E-state index in [1.54, 1.807) is 24.3 Å². The van der Waals surface area contributed by atoms with Gasteiger partial charge in [-0.25, -0.2) is 4.79 Å². The number of alkyl halides is 3. The SMILES string of the molecule is O=C(NCCCOCC(F)(F)F)Nc1cccc(Cl)c1. The minimum Gasteiger partial charge on any atom is -0.372 e. The Labute approximate surface area is 119 Å². The zero-order chi connectivity index (χ0) is 15.0. The van der Waals surface area contributed by atoms with Crippen molar-refractivity contribution in [3.8, 4) is 0 Å². The third-order valence-electron chi connectivity index (χ3n) is 2.10. The number of benzene rings is 1. The van der Waals surface area contributed by atoms with E-state index in [1.807, 2.05) is 0 Å². The molecule has 0 spiro atoms. The Kier molecular flexibility index (Phi) is 6.60. The van der Waals surface area contributed by atoms with Gasteiger partial charge >= 0.3 is 12.2 Å². The van der Waals surface area contributed by atoms with E-state index >= 15 is 0 Å². The molecule has 1 aromatic rings. The number of rotatable bonds is 6. The molecule has 1 rings (SSSR count). The van der Waals surface area contributed by atoms with Gasteiger partial charge in [0.15, 0.2) is 0 Å². The fraction of sp³-hybridized carbons (Fsp3) is 0.417. The highest BCUT2D eigenvalue weighted by molar-refractivity contribution is 6.30. The lowest BCUT2D eigenvalue weighted by atomic mass is 10.3. The Morgan fingerprint density at radius 3 is 2.75 bits per heavy atom. The molecule has 0 saturated carbocycles. The van der Waals surface area contributed by atoms with E-state index in [4.69, 9.17) is 11.6 Å². The number of halogens is 4. The van der Waals surface area contributed by atoms with Gasteiger partial charge in [0.1, 0.15) is 6.61 Å². The maximum absolute atomic E-state index is 11.8. The Morgan fingerprint density at radius 1 is 1.35 bits per heavy atom. The molecule has 112 valence electrons. The highest BCUT2D eigenvalue weighted by Gasteiger charge is 2.27. The summed E-state index contributed by atoms with van der Waals surface area (Å²) in [5, 5.41) is 5.53. The number of ether oxygens (including phenoxy) is 1. The lowest BCUT2D eigenvalue weighted by Crippen LogP contribution is -2.30. The summed E-state index contributed by atoms with van der Waals surface area (Å²) in [6.07, 6.45) is -4.03. The van der Waals surface area contributed by atoms with Gasteiger partial charge in [-0.1, -0.05) is 17.7 Å². The quantitative estimate of drug-likeness (QED) is 0.791. The van der Waals surface area contributed by atoms with Crippen LogP contribution in [0, 0.1) is 0 Å². The zero-order valence-corrected chi connectivity index (χ0v) is 11.2. The van der Waals surface area contributed by atoms with Gasteiger partial charge in [-0.05, 0) is 24.6 Å². The Bertz CT molecular complexity index is 441. The molecule has 0 saturated heterocycles. The van der Waals surface area contributed by atoms with Crippen LogP contribution >= 0.6 is 11.6 Å². The normalized spacial score (nSPS) is 11.2. The standard InChI is InChI=1S/C12H14ClF3N2O2/c13-9-3-1-4-10(7-9)18-11(19)17-5-2-6-20-8-12(14,15)16/h1,3-4,7H,2,5-6,8H2,(H2,17,18,19). The van der Waals surface area contributed by atoms with Gasteiger partial charge in [0.05, 0.1) is 0 Å². The van der Waals surface area contributed by atoms with Crippen LogP contribution in [0.5, 0.6) is 0 Å². The number of amides is 2. The van der Waals surface area contributed by atoms with Crippen molar-refractivity contribution in [2.75, 3.05) is 25.1 Å². The minimum atomic E-state index is -4.32. The number of carbonyl (C=O) groups is 1. The van der Waals surface area contributed by atoms with Crippen LogP contribution in [0.2, 0.25) is 5.02 Å². The van der Waals surface area contributed by atoms with Crippen LogP contribution in [0.1, 0.15) is 6.42 Å². The van der Waals surface area contributed by atoms with Crippen molar-refractivity contribution in [3.05, 3.63) is 29.3 Å². The molecule has 0 radical (unpaired) electrons. The van der Waals surface area contributed by atoms with Gasteiger partial charge in [0.25, 0.3) is 0 Å². The third-order valence-corrected chi connectivity index (χ3v) is 2.33. The van der Waals surface area contributed by atoms with Gasteiger partial charge in [0, 0.05) is 23.9 Å². The second kappa shape index (κ2) is 7.96. The molecule has 1 aromatic carbocycles. The number of urea groups is 1. The second-order valence-corrected chi connectivity index (χ2v) is 4.35. The predicted molar refractivity (Wildman–Crippen MR) is 70.0 cm³/mol. The van der Waals surface area contributed by atoms with Crippen molar-refractivity contribution in [1.29, 1.82) is 0 Å². The Morgan fingerprint density at radius 2 is 2.10 bits per heavy atom. The summed E-state index contributed by atoms with van der Waals surface area (Å²) in [5.74, 6) is 0. The van der Waals surface area contributed by atoms with Crippen LogP contribution in [0.15, 0.2) is 24.3 Å². The molecule has 0 aliphatic carbocycles. The van der Waals surface area contributed by atoms with Gasteiger partial charge in [-0.3, -0.25) is 0 Å². The first-order valence-corrected chi connectivity index (χ1v) is 6.19. The Hall–Kier alpha value is -1.47. The minimum absolute atomic E-state index is 0.0725. The van der Waals surface area contributed by atoms with E-state index in [1.165, 1.54) is 0 Å². The fourth-order valence-corrected chi connectivity index (χ4v) is 1.50. The van der Waals surface area contributed by atoms with Crippen LogP contribution in [0.4, 0.5) is 23.7 Å². The smallest absolute Gasteiger partial charge is 0.372 e. The number of hydrogen-bond donors (Lipinski definition) is 2. The summed E-state index contributed by atoms with van der Waals surface area (Å²) in [6.45, 7) is -1.14. The molecule has 2 N–H and O–H groups in total. The molecule has 0 aliphatic rings. The largest absolute Gasteiger partial charge is 0.411 e. The molecule has 0 unspecified atom stereocenters. The highest BCUT2D eigenvalue weighted by Crippen LogP contribution is 2.15. The van der Waals surface area contributed by atoms with E-state index in [-0.39, 0.29) is 13.2 Å². The molecule has 0 heterocycles. The van der Waals surface area contributed by atoms with Crippen molar-refractivity contribution < 1.29 is 22.7 Å². The van der Waals surface area contributed by atoms with E-state index in [0.717, 1.165) is 0 Å². The average Bonchev–Trinajstić information content (AvgIpc) is 2.32. The predicted octanol–water partition coefficient (Wildman–Crippen LogP) is 3.43. The first kappa shape index (κ1) is 16.6. The molecule has 8 heteroatoms. The van der Waals surface area contributed by atoms with Gasteiger partial charge in [-0.15, -0.1) is 0 Å². The van der Waals surface area contributed by atoms with Crippen LogP contribution in [0.25, 0.3) is 0 Å². The molecule has 2 amide bonds. The monoisotopic (exact) mass is 310 g/mol. The number of hydrogen-bond acceptors (Lipinski definition) is 2. The summed E-state index contributed by atoms with van der Waals surface area (Å²) in [5.41, 5.74) is 0.531. The molecule has 0 atom stereocenters. The van der Waals surface area contributed by atoms with Crippen LogP contribution in [-0.2, 0) is 4.74 Å². The average molecular weight is 311 g/mol. The van der Waals surface area contributed by atoms with E-state index in [0.29, 0.717) is 17.1 Å². The fourth-order valence-electron chi connectivity index (χ4n) is 1.31.